The number of nitrogens with two attached hydrogens (primary N) is 1. The largest absolute Gasteiger partial charge is 0.358 e. The molecule has 3 N–H and O–H groups in total. The lowest BCUT2D eigenvalue weighted by molar-refractivity contribution is -0.125. The molecule has 0 spiro atoms. The van der Waals surface area contributed by atoms with Gasteiger partial charge in [-0.1, -0.05) is 24.3 Å². The molecule has 2 rings (SSSR count). The van der Waals surface area contributed by atoms with Crippen LogP contribution in [-0.4, -0.2) is 36.5 Å². The van der Waals surface area contributed by atoms with Gasteiger partial charge in [0, 0.05) is 13.1 Å². The van der Waals surface area contributed by atoms with Crippen LogP contribution < -0.4 is 11.1 Å². The van der Waals surface area contributed by atoms with E-state index in [0.717, 1.165) is 19.4 Å². The SMILES string of the molecule is CNC(=O)C1CCCN1C(c1ccccc1C)C(C)N. The van der Waals surface area contributed by atoms with Gasteiger partial charge in [0.2, 0.25) is 5.91 Å². The molecule has 0 aromatic heterocycles. The van der Waals surface area contributed by atoms with Crippen molar-refractivity contribution < 1.29 is 4.79 Å². The van der Waals surface area contributed by atoms with E-state index in [4.69, 9.17) is 5.73 Å². The lowest BCUT2D eigenvalue weighted by atomic mass is 9.94. The Labute approximate surface area is 121 Å². The van der Waals surface area contributed by atoms with Gasteiger partial charge < -0.3 is 11.1 Å². The average molecular weight is 275 g/mol. The highest BCUT2D eigenvalue weighted by Gasteiger charge is 2.37. The molecule has 4 nitrogen and oxygen atoms in total. The zero-order valence-corrected chi connectivity index (χ0v) is 12.6. The lowest BCUT2D eigenvalue weighted by Gasteiger charge is -2.35. The van der Waals surface area contributed by atoms with Gasteiger partial charge >= 0.3 is 0 Å². The first kappa shape index (κ1) is 15.0. The van der Waals surface area contributed by atoms with Crippen molar-refractivity contribution in [2.24, 2.45) is 5.73 Å². The second-order valence-corrected chi connectivity index (χ2v) is 5.67. The van der Waals surface area contributed by atoms with Crippen LogP contribution in [0.3, 0.4) is 0 Å². The lowest BCUT2D eigenvalue weighted by Crippen LogP contribution is -2.48. The van der Waals surface area contributed by atoms with Crippen molar-refractivity contribution >= 4 is 5.91 Å². The van der Waals surface area contributed by atoms with Crippen LogP contribution in [0.15, 0.2) is 24.3 Å². The van der Waals surface area contributed by atoms with E-state index in [1.807, 2.05) is 19.1 Å². The van der Waals surface area contributed by atoms with E-state index in [1.54, 1.807) is 7.05 Å². The molecule has 1 saturated heterocycles. The molecule has 110 valence electrons. The van der Waals surface area contributed by atoms with E-state index >= 15 is 0 Å². The van der Waals surface area contributed by atoms with Crippen LogP contribution in [0.25, 0.3) is 0 Å². The molecule has 1 aliphatic heterocycles. The first-order chi connectivity index (χ1) is 9.56. The van der Waals surface area contributed by atoms with Crippen LogP contribution in [0, 0.1) is 6.92 Å². The number of benzene rings is 1. The van der Waals surface area contributed by atoms with Crippen LogP contribution in [0.1, 0.15) is 36.9 Å². The van der Waals surface area contributed by atoms with Gasteiger partial charge in [-0.2, -0.15) is 0 Å². The zero-order valence-electron chi connectivity index (χ0n) is 12.6. The molecule has 1 amide bonds. The predicted octanol–water partition coefficient (Wildman–Crippen LogP) is 1.59. The van der Waals surface area contributed by atoms with Crippen molar-refractivity contribution in [3.05, 3.63) is 35.4 Å². The van der Waals surface area contributed by atoms with E-state index in [2.05, 4.69) is 29.3 Å². The van der Waals surface area contributed by atoms with Crippen LogP contribution in [0.2, 0.25) is 0 Å². The minimum atomic E-state index is -0.0596. The second kappa shape index (κ2) is 6.37. The Bertz CT molecular complexity index is 473. The maximum atomic E-state index is 12.1. The highest BCUT2D eigenvalue weighted by molar-refractivity contribution is 5.81. The van der Waals surface area contributed by atoms with Crippen molar-refractivity contribution in [2.75, 3.05) is 13.6 Å². The predicted molar refractivity (Wildman–Crippen MR) is 81.4 cm³/mol. The molecule has 0 bridgehead atoms. The Morgan fingerprint density at radius 3 is 2.75 bits per heavy atom. The highest BCUT2D eigenvalue weighted by Crippen LogP contribution is 2.32. The fourth-order valence-electron chi connectivity index (χ4n) is 3.25. The van der Waals surface area contributed by atoms with Crippen molar-refractivity contribution in [3.8, 4) is 0 Å². The number of likely N-dealkylation sites (tertiary alicyclic amines) is 1. The molecule has 1 aromatic carbocycles. The smallest absolute Gasteiger partial charge is 0.237 e. The minimum absolute atomic E-state index is 0.0126. The molecule has 0 saturated carbocycles. The maximum absolute atomic E-state index is 12.1. The molecule has 20 heavy (non-hydrogen) atoms. The first-order valence-corrected chi connectivity index (χ1v) is 7.34. The normalized spacial score (nSPS) is 22.5. The average Bonchev–Trinajstić information content (AvgIpc) is 2.89. The Balaban J connectivity index is 2.34. The van der Waals surface area contributed by atoms with Crippen molar-refractivity contribution in [2.45, 2.75) is 44.8 Å². The van der Waals surface area contributed by atoms with Crippen molar-refractivity contribution in [1.29, 1.82) is 0 Å². The van der Waals surface area contributed by atoms with Gasteiger partial charge in [-0.25, -0.2) is 0 Å². The van der Waals surface area contributed by atoms with Gasteiger partial charge in [-0.05, 0) is 44.4 Å². The first-order valence-electron chi connectivity index (χ1n) is 7.34. The van der Waals surface area contributed by atoms with Crippen molar-refractivity contribution in [3.63, 3.8) is 0 Å². The van der Waals surface area contributed by atoms with Crippen LogP contribution >= 0.6 is 0 Å². The number of carbonyl (C=O) groups is 1. The highest BCUT2D eigenvalue weighted by atomic mass is 16.2. The number of aryl methyl sites for hydroxylation is 1. The fraction of sp³-hybridized carbons (Fsp3) is 0.562. The van der Waals surface area contributed by atoms with E-state index in [0.29, 0.717) is 0 Å². The zero-order chi connectivity index (χ0) is 14.7. The molecule has 1 heterocycles. The Kier molecular flexibility index (Phi) is 4.78. The third-order valence-corrected chi connectivity index (χ3v) is 4.21. The number of rotatable bonds is 4. The standard InChI is InChI=1S/C16H25N3O/c1-11-7-4-5-8-13(11)15(12(2)17)19-10-6-9-14(19)16(20)18-3/h4-5,7-8,12,14-15H,6,9-10,17H2,1-3H3,(H,18,20). The van der Waals surface area contributed by atoms with Gasteiger partial charge in [0.15, 0.2) is 0 Å². The summed E-state index contributed by atoms with van der Waals surface area (Å²) in [4.78, 5) is 14.3. The summed E-state index contributed by atoms with van der Waals surface area (Å²) in [5.41, 5.74) is 8.72. The summed E-state index contributed by atoms with van der Waals surface area (Å²) in [6.07, 6.45) is 1.96. The fourth-order valence-corrected chi connectivity index (χ4v) is 3.25. The van der Waals surface area contributed by atoms with E-state index in [-0.39, 0.29) is 24.0 Å². The van der Waals surface area contributed by atoms with Gasteiger partial charge in [-0.15, -0.1) is 0 Å². The molecule has 1 aromatic rings. The molecule has 3 unspecified atom stereocenters. The minimum Gasteiger partial charge on any atom is -0.358 e. The summed E-state index contributed by atoms with van der Waals surface area (Å²) in [6, 6.07) is 8.34. The van der Waals surface area contributed by atoms with Crippen molar-refractivity contribution in [1.82, 2.24) is 10.2 Å². The summed E-state index contributed by atoms with van der Waals surface area (Å²) >= 11 is 0. The van der Waals surface area contributed by atoms with Gasteiger partial charge in [0.05, 0.1) is 12.1 Å². The van der Waals surface area contributed by atoms with E-state index < -0.39 is 0 Å². The number of likely N-dealkylation sites (N-methyl/N-ethyl adjacent to an activating group) is 1. The van der Waals surface area contributed by atoms with Crippen LogP contribution in [0.4, 0.5) is 0 Å². The molecule has 1 aliphatic rings. The number of carbonyl (C=O) groups excluding carboxylic acids is 1. The molecule has 3 atom stereocenters. The molecule has 0 radical (unpaired) electrons. The topological polar surface area (TPSA) is 58.4 Å². The second-order valence-electron chi connectivity index (χ2n) is 5.67. The Morgan fingerprint density at radius 1 is 1.45 bits per heavy atom. The number of hydrogen-bond acceptors (Lipinski definition) is 3. The number of hydrogen-bond donors (Lipinski definition) is 2. The summed E-state index contributed by atoms with van der Waals surface area (Å²) in [6.45, 7) is 5.06. The summed E-state index contributed by atoms with van der Waals surface area (Å²) in [5.74, 6) is 0.0988. The molecular weight excluding hydrogens is 250 g/mol. The van der Waals surface area contributed by atoms with E-state index in [1.165, 1.54) is 11.1 Å². The molecule has 1 fully saturated rings. The number of nitrogens with zero attached hydrogens (tertiary/aromatic N) is 1. The summed E-state index contributed by atoms with van der Waals surface area (Å²) < 4.78 is 0. The Morgan fingerprint density at radius 2 is 2.15 bits per heavy atom. The third kappa shape index (κ3) is 2.86. The van der Waals surface area contributed by atoms with E-state index in [9.17, 15) is 4.79 Å². The number of amides is 1. The molecule has 4 heteroatoms. The summed E-state index contributed by atoms with van der Waals surface area (Å²) in [7, 11) is 1.70. The number of nitrogens with one attached hydrogen (secondary N) is 1. The maximum Gasteiger partial charge on any atom is 0.237 e. The van der Waals surface area contributed by atoms with Gasteiger partial charge in [0.1, 0.15) is 0 Å². The van der Waals surface area contributed by atoms with Gasteiger partial charge in [-0.3, -0.25) is 9.69 Å². The quantitative estimate of drug-likeness (QED) is 0.877. The molecule has 0 aliphatic carbocycles. The van der Waals surface area contributed by atoms with Crippen LogP contribution in [-0.2, 0) is 4.79 Å². The van der Waals surface area contributed by atoms with Crippen LogP contribution in [0.5, 0.6) is 0 Å². The summed E-state index contributed by atoms with van der Waals surface area (Å²) in [5, 5.41) is 2.78. The Hall–Kier alpha value is -1.39. The van der Waals surface area contributed by atoms with Gasteiger partial charge in [0.25, 0.3) is 0 Å². The monoisotopic (exact) mass is 275 g/mol. The molecular formula is C16H25N3O. The third-order valence-electron chi connectivity index (χ3n) is 4.21.